The Hall–Kier alpha value is -2.29. The predicted molar refractivity (Wildman–Crippen MR) is 123 cm³/mol. The van der Waals surface area contributed by atoms with Gasteiger partial charge < -0.3 is 10.6 Å². The third-order valence-electron chi connectivity index (χ3n) is 4.16. The topological polar surface area (TPSA) is 104 Å². The van der Waals surface area contributed by atoms with Crippen LogP contribution in [0.4, 0.5) is 5.69 Å². The highest BCUT2D eigenvalue weighted by atomic mass is 35.5. The van der Waals surface area contributed by atoms with Gasteiger partial charge in [-0.05, 0) is 70.5 Å². The minimum absolute atomic E-state index is 0.0539. The first-order valence-electron chi connectivity index (χ1n) is 9.41. The second kappa shape index (κ2) is 9.46. The Labute approximate surface area is 192 Å². The third-order valence-corrected chi connectivity index (χ3v) is 6.27. The number of carbonyl (C=O) groups excluding carboxylic acids is 2. The van der Waals surface area contributed by atoms with Gasteiger partial charge in [0, 0.05) is 10.6 Å². The average Bonchev–Trinajstić information content (AvgIpc) is 2.63. The summed E-state index contributed by atoms with van der Waals surface area (Å²) in [6.07, 6.45) is 0. The fraction of sp³-hybridized carbons (Fsp3) is 0.333. The molecule has 3 N–H and O–H groups in total. The van der Waals surface area contributed by atoms with Crippen molar-refractivity contribution in [3.8, 4) is 0 Å². The van der Waals surface area contributed by atoms with E-state index in [1.807, 2.05) is 20.8 Å². The van der Waals surface area contributed by atoms with E-state index in [0.717, 1.165) is 11.6 Å². The van der Waals surface area contributed by atoms with E-state index in [0.29, 0.717) is 5.02 Å². The first-order chi connectivity index (χ1) is 14.2. The van der Waals surface area contributed by atoms with Crippen molar-refractivity contribution in [2.75, 3.05) is 4.72 Å². The third kappa shape index (κ3) is 6.85. The minimum Gasteiger partial charge on any atom is -0.350 e. The first kappa shape index (κ1) is 25.0. The van der Waals surface area contributed by atoms with Crippen molar-refractivity contribution in [3.05, 3.63) is 57.6 Å². The maximum atomic E-state index is 12.8. The van der Waals surface area contributed by atoms with Crippen molar-refractivity contribution in [1.82, 2.24) is 10.6 Å². The average molecular weight is 486 g/mol. The molecule has 2 rings (SSSR count). The van der Waals surface area contributed by atoms with E-state index in [1.54, 1.807) is 19.1 Å². The molecule has 0 bridgehead atoms. The van der Waals surface area contributed by atoms with Gasteiger partial charge in [-0.25, -0.2) is 8.42 Å². The molecule has 1 atom stereocenters. The van der Waals surface area contributed by atoms with Gasteiger partial charge in [0.2, 0.25) is 5.91 Å². The molecule has 168 valence electrons. The molecule has 0 fully saturated rings. The first-order valence-corrected chi connectivity index (χ1v) is 11.6. The second-order valence-corrected chi connectivity index (χ2v) is 10.6. The van der Waals surface area contributed by atoms with Gasteiger partial charge in [-0.15, -0.1) is 0 Å². The largest absolute Gasteiger partial charge is 0.350 e. The summed E-state index contributed by atoms with van der Waals surface area (Å²) in [4.78, 5) is 24.7. The molecule has 10 heteroatoms. The molecule has 0 aliphatic heterocycles. The van der Waals surface area contributed by atoms with E-state index >= 15 is 0 Å². The maximum absolute atomic E-state index is 12.8. The summed E-state index contributed by atoms with van der Waals surface area (Å²) in [6.45, 7) is 8.78. The molecule has 0 heterocycles. The number of amides is 2. The van der Waals surface area contributed by atoms with Crippen molar-refractivity contribution in [1.29, 1.82) is 0 Å². The monoisotopic (exact) mass is 485 g/mol. The summed E-state index contributed by atoms with van der Waals surface area (Å²) in [7, 11) is -4.01. The molecule has 2 amide bonds. The molecule has 0 saturated carbocycles. The van der Waals surface area contributed by atoms with Crippen molar-refractivity contribution in [2.24, 2.45) is 0 Å². The standard InChI is InChI=1S/C21H25Cl2N3O4S/c1-12-6-7-14(10-18(12)23)26-31(29,30)15-8-9-17(22)16(11-15)20(28)24-13(2)19(27)25-21(3,4)5/h6-11,13,26H,1-5H3,(H,24,28)(H,25,27). The molecular formula is C21H25Cl2N3O4S. The van der Waals surface area contributed by atoms with E-state index in [2.05, 4.69) is 15.4 Å². The van der Waals surface area contributed by atoms with Gasteiger partial charge in [0.05, 0.1) is 21.2 Å². The van der Waals surface area contributed by atoms with Gasteiger partial charge in [-0.2, -0.15) is 0 Å². The number of aryl methyl sites for hydroxylation is 1. The van der Waals surface area contributed by atoms with Gasteiger partial charge in [0.25, 0.3) is 15.9 Å². The summed E-state index contributed by atoms with van der Waals surface area (Å²) in [6, 6.07) is 7.66. The number of sulfonamides is 1. The van der Waals surface area contributed by atoms with Gasteiger partial charge in [-0.3, -0.25) is 14.3 Å². The van der Waals surface area contributed by atoms with Gasteiger partial charge in [0.1, 0.15) is 6.04 Å². The van der Waals surface area contributed by atoms with E-state index in [1.165, 1.54) is 25.1 Å². The number of hydrogen-bond donors (Lipinski definition) is 3. The van der Waals surface area contributed by atoms with Crippen LogP contribution in [0.1, 0.15) is 43.6 Å². The number of hydrogen-bond acceptors (Lipinski definition) is 4. The van der Waals surface area contributed by atoms with Gasteiger partial charge in [-0.1, -0.05) is 29.3 Å². The zero-order valence-corrected chi connectivity index (χ0v) is 20.2. The van der Waals surface area contributed by atoms with Crippen LogP contribution in [-0.4, -0.2) is 31.8 Å². The van der Waals surface area contributed by atoms with Crippen LogP contribution in [0.25, 0.3) is 0 Å². The number of nitrogens with one attached hydrogen (secondary N) is 3. The Morgan fingerprint density at radius 1 is 1.00 bits per heavy atom. The molecule has 0 aliphatic rings. The Bertz CT molecular complexity index is 1110. The van der Waals surface area contributed by atoms with Crippen molar-refractivity contribution in [3.63, 3.8) is 0 Å². The van der Waals surface area contributed by atoms with E-state index in [9.17, 15) is 18.0 Å². The molecular weight excluding hydrogens is 461 g/mol. The van der Waals surface area contributed by atoms with Crippen LogP contribution in [-0.2, 0) is 14.8 Å². The summed E-state index contributed by atoms with van der Waals surface area (Å²) >= 11 is 12.2. The predicted octanol–water partition coefficient (Wildman–Crippen LogP) is 4.14. The Morgan fingerprint density at radius 2 is 1.65 bits per heavy atom. The molecule has 2 aromatic carbocycles. The van der Waals surface area contributed by atoms with Crippen LogP contribution in [0.15, 0.2) is 41.3 Å². The Balaban J connectivity index is 2.24. The highest BCUT2D eigenvalue weighted by Gasteiger charge is 2.24. The van der Waals surface area contributed by atoms with Crippen molar-refractivity contribution < 1.29 is 18.0 Å². The van der Waals surface area contributed by atoms with Crippen molar-refractivity contribution >= 4 is 50.7 Å². The molecule has 7 nitrogen and oxygen atoms in total. The molecule has 0 spiro atoms. The lowest BCUT2D eigenvalue weighted by molar-refractivity contribution is -0.124. The normalized spacial score (nSPS) is 12.7. The second-order valence-electron chi connectivity index (χ2n) is 8.15. The van der Waals surface area contributed by atoms with Crippen LogP contribution < -0.4 is 15.4 Å². The highest BCUT2D eigenvalue weighted by Crippen LogP contribution is 2.25. The summed E-state index contributed by atoms with van der Waals surface area (Å²) in [5.74, 6) is -1.05. The van der Waals surface area contributed by atoms with Gasteiger partial charge in [0.15, 0.2) is 0 Å². The zero-order chi connectivity index (χ0) is 23.6. The summed E-state index contributed by atoms with van der Waals surface area (Å²) < 4.78 is 28.0. The van der Waals surface area contributed by atoms with Crippen LogP contribution >= 0.6 is 23.2 Å². The zero-order valence-electron chi connectivity index (χ0n) is 17.8. The lowest BCUT2D eigenvalue weighted by atomic mass is 10.1. The molecule has 0 aromatic heterocycles. The van der Waals surface area contributed by atoms with Gasteiger partial charge >= 0.3 is 0 Å². The van der Waals surface area contributed by atoms with E-state index < -0.39 is 27.5 Å². The molecule has 1 unspecified atom stereocenters. The van der Waals surface area contributed by atoms with Crippen molar-refractivity contribution in [2.45, 2.75) is 51.1 Å². The number of carbonyl (C=O) groups is 2. The smallest absolute Gasteiger partial charge is 0.261 e. The fourth-order valence-corrected chi connectivity index (χ4v) is 3.99. The number of rotatable bonds is 6. The highest BCUT2D eigenvalue weighted by molar-refractivity contribution is 7.92. The number of halogens is 2. The Morgan fingerprint density at radius 3 is 2.23 bits per heavy atom. The lowest BCUT2D eigenvalue weighted by Crippen LogP contribution is -2.50. The molecule has 0 radical (unpaired) electrons. The fourth-order valence-electron chi connectivity index (χ4n) is 2.53. The minimum atomic E-state index is -4.01. The molecule has 31 heavy (non-hydrogen) atoms. The summed E-state index contributed by atoms with van der Waals surface area (Å²) in [5.41, 5.74) is 0.553. The molecule has 2 aromatic rings. The van der Waals surface area contributed by atoms with Crippen LogP contribution in [0.3, 0.4) is 0 Å². The van der Waals surface area contributed by atoms with Crippen LogP contribution in [0.2, 0.25) is 10.0 Å². The summed E-state index contributed by atoms with van der Waals surface area (Å²) in [5, 5.41) is 5.76. The van der Waals surface area contributed by atoms with Crippen LogP contribution in [0.5, 0.6) is 0 Å². The SMILES string of the molecule is Cc1ccc(NS(=O)(=O)c2ccc(Cl)c(C(=O)NC(C)C(=O)NC(C)(C)C)c2)cc1Cl. The molecule has 0 aliphatic carbocycles. The van der Waals surface area contributed by atoms with Crippen LogP contribution in [0, 0.1) is 6.92 Å². The van der Waals surface area contributed by atoms with E-state index in [-0.39, 0.29) is 27.1 Å². The quantitative estimate of drug-likeness (QED) is 0.571. The number of anilines is 1. The number of benzene rings is 2. The Kier molecular flexibility index (Phi) is 7.62. The maximum Gasteiger partial charge on any atom is 0.261 e. The lowest BCUT2D eigenvalue weighted by Gasteiger charge is -2.23. The molecule has 0 saturated heterocycles. The van der Waals surface area contributed by atoms with E-state index in [4.69, 9.17) is 23.2 Å².